The standard InChI is InChI=1S/C22H30N4O2/c1-3-16(2)24-20(27)14-15-23-22(28)21-18-12-8-5-9-13-19(18)26(25-21)17-10-6-4-7-11-17/h4,6-7,10-11,16H,3,5,8-9,12-15H2,1-2H3,(H,23,28)(H,24,27). The predicted molar refractivity (Wildman–Crippen MR) is 110 cm³/mol. The van der Waals surface area contributed by atoms with Crippen LogP contribution < -0.4 is 10.6 Å². The molecule has 1 aromatic carbocycles. The smallest absolute Gasteiger partial charge is 0.272 e. The molecule has 1 aliphatic carbocycles. The summed E-state index contributed by atoms with van der Waals surface area (Å²) in [6.45, 7) is 4.32. The molecule has 1 heterocycles. The summed E-state index contributed by atoms with van der Waals surface area (Å²) in [5.74, 6) is -0.229. The molecule has 2 amide bonds. The number of rotatable bonds is 7. The normalized spacial score (nSPS) is 14.6. The molecule has 150 valence electrons. The van der Waals surface area contributed by atoms with Crippen molar-refractivity contribution in [2.24, 2.45) is 0 Å². The van der Waals surface area contributed by atoms with Gasteiger partial charge in [0.2, 0.25) is 5.91 Å². The van der Waals surface area contributed by atoms with Crippen LogP contribution in [-0.2, 0) is 17.6 Å². The van der Waals surface area contributed by atoms with E-state index in [2.05, 4.69) is 15.7 Å². The fraction of sp³-hybridized carbons (Fsp3) is 0.500. The maximum atomic E-state index is 12.8. The number of hydrogen-bond donors (Lipinski definition) is 2. The summed E-state index contributed by atoms with van der Waals surface area (Å²) in [5.41, 5.74) is 3.68. The van der Waals surface area contributed by atoms with Gasteiger partial charge in [-0.05, 0) is 51.2 Å². The first-order chi connectivity index (χ1) is 13.6. The Morgan fingerprint density at radius 1 is 1.14 bits per heavy atom. The van der Waals surface area contributed by atoms with Gasteiger partial charge in [0.25, 0.3) is 5.91 Å². The molecule has 28 heavy (non-hydrogen) atoms. The summed E-state index contributed by atoms with van der Waals surface area (Å²) in [6.07, 6.45) is 6.33. The minimum Gasteiger partial charge on any atom is -0.354 e. The fourth-order valence-electron chi connectivity index (χ4n) is 3.56. The minimum atomic E-state index is -0.191. The number of carbonyl (C=O) groups excluding carboxylic acids is 2. The lowest BCUT2D eigenvalue weighted by atomic mass is 10.1. The third-order valence-electron chi connectivity index (χ3n) is 5.30. The van der Waals surface area contributed by atoms with Crippen molar-refractivity contribution >= 4 is 11.8 Å². The molecule has 2 aromatic rings. The van der Waals surface area contributed by atoms with Crippen LogP contribution in [0.4, 0.5) is 0 Å². The highest BCUT2D eigenvalue weighted by molar-refractivity contribution is 5.94. The SMILES string of the molecule is CCC(C)NC(=O)CCNC(=O)c1nn(-c2ccccc2)c2c1CCCCC2. The second-order valence-electron chi connectivity index (χ2n) is 7.46. The molecule has 6 nitrogen and oxygen atoms in total. The average Bonchev–Trinajstić information content (AvgIpc) is 2.89. The summed E-state index contributed by atoms with van der Waals surface area (Å²) in [6, 6.07) is 10.1. The van der Waals surface area contributed by atoms with E-state index in [0.717, 1.165) is 49.0 Å². The van der Waals surface area contributed by atoms with E-state index < -0.39 is 0 Å². The van der Waals surface area contributed by atoms with Crippen LogP contribution >= 0.6 is 0 Å². The van der Waals surface area contributed by atoms with Crippen molar-refractivity contribution in [3.8, 4) is 5.69 Å². The topological polar surface area (TPSA) is 76.0 Å². The van der Waals surface area contributed by atoms with Crippen molar-refractivity contribution in [3.05, 3.63) is 47.3 Å². The van der Waals surface area contributed by atoms with Crippen LogP contribution in [0.5, 0.6) is 0 Å². The van der Waals surface area contributed by atoms with Gasteiger partial charge in [-0.1, -0.05) is 31.5 Å². The first kappa shape index (κ1) is 20.1. The third kappa shape index (κ3) is 4.80. The highest BCUT2D eigenvalue weighted by Gasteiger charge is 2.24. The second kappa shape index (κ2) is 9.53. The molecule has 1 atom stereocenters. The molecule has 0 aliphatic heterocycles. The predicted octanol–water partition coefficient (Wildman–Crippen LogP) is 3.18. The zero-order valence-corrected chi connectivity index (χ0v) is 16.8. The highest BCUT2D eigenvalue weighted by Crippen LogP contribution is 2.26. The number of nitrogens with one attached hydrogen (secondary N) is 2. The molecule has 0 saturated carbocycles. The molecule has 0 bridgehead atoms. The number of fused-ring (bicyclic) bond motifs is 1. The number of benzene rings is 1. The third-order valence-corrected chi connectivity index (χ3v) is 5.30. The molecule has 6 heteroatoms. The maximum absolute atomic E-state index is 12.8. The van der Waals surface area contributed by atoms with E-state index in [9.17, 15) is 9.59 Å². The Hall–Kier alpha value is -2.63. The number of para-hydroxylation sites is 1. The van der Waals surface area contributed by atoms with Crippen molar-refractivity contribution < 1.29 is 9.59 Å². The Bertz CT molecular complexity index is 813. The van der Waals surface area contributed by atoms with E-state index in [4.69, 9.17) is 0 Å². The molecule has 1 unspecified atom stereocenters. The largest absolute Gasteiger partial charge is 0.354 e. The molecule has 1 aliphatic rings. The number of hydrogen-bond acceptors (Lipinski definition) is 3. The van der Waals surface area contributed by atoms with Crippen molar-refractivity contribution in [1.29, 1.82) is 0 Å². The van der Waals surface area contributed by atoms with Crippen molar-refractivity contribution in [1.82, 2.24) is 20.4 Å². The van der Waals surface area contributed by atoms with Gasteiger partial charge in [-0.15, -0.1) is 0 Å². The molecule has 3 rings (SSSR count). The first-order valence-electron chi connectivity index (χ1n) is 10.3. The molecule has 0 radical (unpaired) electrons. The zero-order chi connectivity index (χ0) is 19.9. The Morgan fingerprint density at radius 2 is 1.89 bits per heavy atom. The summed E-state index contributed by atoms with van der Waals surface area (Å²) in [4.78, 5) is 24.7. The summed E-state index contributed by atoms with van der Waals surface area (Å²) in [5, 5.41) is 10.5. The van der Waals surface area contributed by atoms with Crippen molar-refractivity contribution in [2.45, 2.75) is 64.8 Å². The monoisotopic (exact) mass is 382 g/mol. The lowest BCUT2D eigenvalue weighted by molar-refractivity contribution is -0.121. The van der Waals surface area contributed by atoms with Crippen LogP contribution in [0.1, 0.15) is 67.7 Å². The molecule has 0 fully saturated rings. The number of aromatic nitrogens is 2. The molecular weight excluding hydrogens is 352 g/mol. The van der Waals surface area contributed by atoms with Crippen LogP contribution in [0, 0.1) is 0 Å². The van der Waals surface area contributed by atoms with E-state index in [-0.39, 0.29) is 24.3 Å². The van der Waals surface area contributed by atoms with E-state index in [1.54, 1.807) is 0 Å². The Labute approximate surface area is 166 Å². The molecule has 2 N–H and O–H groups in total. The van der Waals surface area contributed by atoms with Crippen LogP contribution in [-0.4, -0.2) is 34.2 Å². The van der Waals surface area contributed by atoms with Crippen LogP contribution in [0.15, 0.2) is 30.3 Å². The Balaban J connectivity index is 1.73. The van der Waals surface area contributed by atoms with Gasteiger partial charge in [0.05, 0.1) is 5.69 Å². The molecule has 0 spiro atoms. The number of carbonyl (C=O) groups is 2. The van der Waals surface area contributed by atoms with Gasteiger partial charge in [-0.3, -0.25) is 9.59 Å². The van der Waals surface area contributed by atoms with Crippen molar-refractivity contribution in [3.63, 3.8) is 0 Å². The fourth-order valence-corrected chi connectivity index (χ4v) is 3.56. The van der Waals surface area contributed by atoms with Gasteiger partial charge in [0, 0.05) is 30.3 Å². The quantitative estimate of drug-likeness (QED) is 0.722. The maximum Gasteiger partial charge on any atom is 0.272 e. The van der Waals surface area contributed by atoms with Gasteiger partial charge in [-0.2, -0.15) is 5.10 Å². The summed E-state index contributed by atoms with van der Waals surface area (Å²) >= 11 is 0. The average molecular weight is 383 g/mol. The number of nitrogens with zero attached hydrogens (tertiary/aromatic N) is 2. The van der Waals surface area contributed by atoms with Gasteiger partial charge in [-0.25, -0.2) is 4.68 Å². The molecule has 0 saturated heterocycles. The summed E-state index contributed by atoms with van der Waals surface area (Å²) in [7, 11) is 0. The van der Waals surface area contributed by atoms with Crippen molar-refractivity contribution in [2.75, 3.05) is 6.54 Å². The van der Waals surface area contributed by atoms with Gasteiger partial charge in [0.15, 0.2) is 5.69 Å². The van der Waals surface area contributed by atoms with Crippen LogP contribution in [0.3, 0.4) is 0 Å². The highest BCUT2D eigenvalue weighted by atomic mass is 16.2. The second-order valence-corrected chi connectivity index (χ2v) is 7.46. The zero-order valence-electron chi connectivity index (χ0n) is 16.8. The van der Waals surface area contributed by atoms with Crippen LogP contribution in [0.2, 0.25) is 0 Å². The van der Waals surface area contributed by atoms with E-state index in [1.807, 2.05) is 48.9 Å². The number of amides is 2. The minimum absolute atomic E-state index is 0.0386. The first-order valence-corrected chi connectivity index (χ1v) is 10.3. The molecule has 1 aromatic heterocycles. The Kier molecular flexibility index (Phi) is 6.85. The lowest BCUT2D eigenvalue weighted by Crippen LogP contribution is -2.35. The van der Waals surface area contributed by atoms with E-state index in [0.29, 0.717) is 12.2 Å². The van der Waals surface area contributed by atoms with Gasteiger partial charge >= 0.3 is 0 Å². The summed E-state index contributed by atoms with van der Waals surface area (Å²) < 4.78 is 1.92. The molecular formula is C22H30N4O2. The van der Waals surface area contributed by atoms with Crippen LogP contribution in [0.25, 0.3) is 5.69 Å². The van der Waals surface area contributed by atoms with Gasteiger partial charge < -0.3 is 10.6 Å². The van der Waals surface area contributed by atoms with E-state index >= 15 is 0 Å². The lowest BCUT2D eigenvalue weighted by Gasteiger charge is -2.11. The Morgan fingerprint density at radius 3 is 2.64 bits per heavy atom. The van der Waals surface area contributed by atoms with E-state index in [1.165, 1.54) is 6.42 Å². The van der Waals surface area contributed by atoms with Gasteiger partial charge in [0.1, 0.15) is 0 Å².